The van der Waals surface area contributed by atoms with E-state index in [1.807, 2.05) is 11.3 Å². The van der Waals surface area contributed by atoms with Crippen molar-refractivity contribution in [3.63, 3.8) is 0 Å². The van der Waals surface area contributed by atoms with Gasteiger partial charge in [0, 0.05) is 18.0 Å². The predicted molar refractivity (Wildman–Crippen MR) is 120 cm³/mol. The van der Waals surface area contributed by atoms with Crippen LogP contribution >= 0.6 is 35.3 Å². The largest absolute Gasteiger partial charge is 0.357 e. The Hall–Kier alpha value is -0.380. The molecular weight excluding hydrogens is 445 g/mol. The number of hydrogen-bond acceptors (Lipinski definition) is 4. The molecule has 0 radical (unpaired) electrons. The van der Waals surface area contributed by atoms with E-state index in [1.165, 1.54) is 30.8 Å². The van der Waals surface area contributed by atoms with Crippen LogP contribution in [-0.4, -0.2) is 69.1 Å². The Morgan fingerprint density at radius 3 is 2.68 bits per heavy atom. The number of aliphatic imine (C=N–C) groups is 1. The van der Waals surface area contributed by atoms with Crippen molar-refractivity contribution in [3.8, 4) is 0 Å². The molecule has 2 N–H and O–H groups in total. The van der Waals surface area contributed by atoms with Crippen LogP contribution in [0.25, 0.3) is 0 Å². The number of nitrogens with zero attached hydrogens (tertiary/aromatic N) is 3. The first-order valence-corrected chi connectivity index (χ1v) is 10.0. The highest BCUT2D eigenvalue weighted by Crippen LogP contribution is 2.28. The van der Waals surface area contributed by atoms with Crippen LogP contribution < -0.4 is 10.6 Å². The molecule has 1 fully saturated rings. The van der Waals surface area contributed by atoms with Gasteiger partial charge in [0.15, 0.2) is 5.96 Å². The van der Waals surface area contributed by atoms with E-state index in [0.29, 0.717) is 6.04 Å². The molecule has 0 amide bonds. The molecule has 25 heavy (non-hydrogen) atoms. The zero-order valence-corrected chi connectivity index (χ0v) is 19.0. The molecule has 1 aliphatic rings. The van der Waals surface area contributed by atoms with Crippen LogP contribution in [0.1, 0.15) is 37.1 Å². The minimum absolute atomic E-state index is 0. The lowest BCUT2D eigenvalue weighted by molar-refractivity contribution is 0.255. The summed E-state index contributed by atoms with van der Waals surface area (Å²) in [7, 11) is 4.22. The number of hydrogen-bond donors (Lipinski definition) is 2. The smallest absolute Gasteiger partial charge is 0.191 e. The summed E-state index contributed by atoms with van der Waals surface area (Å²) in [5, 5.41) is 9.01. The van der Waals surface area contributed by atoms with Gasteiger partial charge in [-0.05, 0) is 71.4 Å². The minimum atomic E-state index is 0. The van der Waals surface area contributed by atoms with E-state index in [-0.39, 0.29) is 24.0 Å². The molecule has 5 nitrogen and oxygen atoms in total. The molecule has 1 aliphatic heterocycles. The summed E-state index contributed by atoms with van der Waals surface area (Å²) in [4.78, 5) is 11.1. The average Bonchev–Trinajstić information content (AvgIpc) is 3.25. The maximum atomic E-state index is 4.88. The highest BCUT2D eigenvalue weighted by atomic mass is 127. The molecule has 144 valence electrons. The lowest BCUT2D eigenvalue weighted by atomic mass is 10.2. The summed E-state index contributed by atoms with van der Waals surface area (Å²) < 4.78 is 0. The van der Waals surface area contributed by atoms with Crippen LogP contribution in [0.15, 0.2) is 22.5 Å². The first-order valence-electron chi connectivity index (χ1n) is 9.15. The van der Waals surface area contributed by atoms with E-state index in [4.69, 9.17) is 4.99 Å². The van der Waals surface area contributed by atoms with Crippen molar-refractivity contribution in [2.24, 2.45) is 4.99 Å². The summed E-state index contributed by atoms with van der Waals surface area (Å²) >= 11 is 1.85. The van der Waals surface area contributed by atoms with E-state index in [9.17, 15) is 0 Å². The van der Waals surface area contributed by atoms with Crippen molar-refractivity contribution in [3.05, 3.63) is 22.4 Å². The van der Waals surface area contributed by atoms with Crippen molar-refractivity contribution in [2.75, 3.05) is 53.4 Å². The van der Waals surface area contributed by atoms with Gasteiger partial charge in [0.2, 0.25) is 0 Å². The van der Waals surface area contributed by atoms with Crippen LogP contribution in [0.2, 0.25) is 0 Å². The van der Waals surface area contributed by atoms with Gasteiger partial charge in [0.05, 0.1) is 12.6 Å². The number of rotatable bonds is 9. The van der Waals surface area contributed by atoms with Crippen molar-refractivity contribution < 1.29 is 0 Å². The van der Waals surface area contributed by atoms with Crippen LogP contribution in [0.3, 0.4) is 0 Å². The van der Waals surface area contributed by atoms with Gasteiger partial charge < -0.3 is 15.5 Å². The summed E-state index contributed by atoms with van der Waals surface area (Å²) in [5.41, 5.74) is 0. The van der Waals surface area contributed by atoms with Crippen LogP contribution in [0.4, 0.5) is 0 Å². The molecular formula is C18H34IN5S. The third-order valence-corrected chi connectivity index (χ3v) is 5.27. The Balaban J connectivity index is 0.00000312. The van der Waals surface area contributed by atoms with Gasteiger partial charge in [0.1, 0.15) is 0 Å². The molecule has 2 heterocycles. The number of halogens is 1. The lowest BCUT2D eigenvalue weighted by Gasteiger charge is -2.25. The van der Waals surface area contributed by atoms with Crippen molar-refractivity contribution in [1.29, 1.82) is 0 Å². The maximum absolute atomic E-state index is 4.88. The quantitative estimate of drug-likeness (QED) is 0.247. The molecule has 1 aromatic heterocycles. The van der Waals surface area contributed by atoms with Gasteiger partial charge in [-0.15, -0.1) is 35.3 Å². The minimum Gasteiger partial charge on any atom is -0.357 e. The Kier molecular flexibility index (Phi) is 11.7. The molecule has 0 aliphatic carbocycles. The van der Waals surface area contributed by atoms with E-state index in [0.717, 1.165) is 38.6 Å². The van der Waals surface area contributed by atoms with E-state index in [2.05, 4.69) is 59.0 Å². The van der Waals surface area contributed by atoms with Crippen LogP contribution in [0, 0.1) is 0 Å². The first kappa shape index (κ1) is 22.7. The van der Waals surface area contributed by atoms with Gasteiger partial charge in [-0.3, -0.25) is 9.89 Å². The molecule has 0 aromatic carbocycles. The first-order chi connectivity index (χ1) is 11.7. The Labute approximate surface area is 174 Å². The second kappa shape index (κ2) is 12.9. The summed E-state index contributed by atoms with van der Waals surface area (Å²) in [6, 6.07) is 4.82. The number of nitrogens with one attached hydrogen (secondary N) is 2. The predicted octanol–water partition coefficient (Wildman–Crippen LogP) is 3.01. The summed E-state index contributed by atoms with van der Waals surface area (Å²) in [6.07, 6.45) is 3.75. The number of guanidine groups is 1. The van der Waals surface area contributed by atoms with Crippen molar-refractivity contribution in [2.45, 2.75) is 32.2 Å². The Bertz CT molecular complexity index is 472. The second-order valence-corrected chi connectivity index (χ2v) is 7.56. The average molecular weight is 479 g/mol. The molecule has 0 bridgehead atoms. The number of likely N-dealkylation sites (tertiary alicyclic amines) is 1. The second-order valence-electron chi connectivity index (χ2n) is 6.58. The molecule has 1 unspecified atom stereocenters. The highest BCUT2D eigenvalue weighted by molar-refractivity contribution is 14.0. The molecule has 1 atom stereocenters. The fourth-order valence-corrected chi connectivity index (χ4v) is 3.89. The zero-order valence-electron chi connectivity index (χ0n) is 15.8. The van der Waals surface area contributed by atoms with Gasteiger partial charge in [0.25, 0.3) is 0 Å². The molecule has 2 rings (SSSR count). The monoisotopic (exact) mass is 479 g/mol. The van der Waals surface area contributed by atoms with E-state index >= 15 is 0 Å². The normalized spacial score (nSPS) is 16.7. The van der Waals surface area contributed by atoms with Gasteiger partial charge >= 0.3 is 0 Å². The van der Waals surface area contributed by atoms with Crippen molar-refractivity contribution in [1.82, 2.24) is 20.4 Å². The van der Waals surface area contributed by atoms with Crippen molar-refractivity contribution >= 4 is 41.3 Å². The molecule has 0 spiro atoms. The van der Waals surface area contributed by atoms with Crippen LogP contribution in [-0.2, 0) is 0 Å². The molecule has 0 saturated carbocycles. The molecule has 1 aromatic rings. The zero-order chi connectivity index (χ0) is 17.2. The Morgan fingerprint density at radius 1 is 1.32 bits per heavy atom. The standard InChI is InChI=1S/C18H33N5S.HI/c1-4-19-18(20-10-8-11-22(2)3)21-15-16(17-9-7-14-24-17)23-12-5-6-13-23;/h7,9,14,16H,4-6,8,10-13,15H2,1-3H3,(H2,19,20,21);1H. The summed E-state index contributed by atoms with van der Waals surface area (Å²) in [5.74, 6) is 0.942. The molecule has 7 heteroatoms. The van der Waals surface area contributed by atoms with Crippen LogP contribution in [0.5, 0.6) is 0 Å². The fourth-order valence-electron chi connectivity index (χ4n) is 3.04. The third kappa shape index (κ3) is 8.23. The summed E-state index contributed by atoms with van der Waals surface area (Å²) in [6.45, 7) is 8.29. The fraction of sp³-hybridized carbons (Fsp3) is 0.722. The lowest BCUT2D eigenvalue weighted by Crippen LogP contribution is -2.39. The Morgan fingerprint density at radius 2 is 2.08 bits per heavy atom. The van der Waals surface area contributed by atoms with Gasteiger partial charge in [-0.2, -0.15) is 0 Å². The topological polar surface area (TPSA) is 42.9 Å². The third-order valence-electron chi connectivity index (χ3n) is 4.29. The van der Waals surface area contributed by atoms with E-state index < -0.39 is 0 Å². The SMILES string of the molecule is CCNC(=NCC(c1cccs1)N1CCCC1)NCCCN(C)C.I. The molecule has 1 saturated heterocycles. The highest BCUT2D eigenvalue weighted by Gasteiger charge is 2.24. The maximum Gasteiger partial charge on any atom is 0.191 e. The number of thiophene rings is 1. The van der Waals surface area contributed by atoms with E-state index in [1.54, 1.807) is 0 Å². The van der Waals surface area contributed by atoms with Gasteiger partial charge in [-0.25, -0.2) is 0 Å². The van der Waals surface area contributed by atoms with Gasteiger partial charge in [-0.1, -0.05) is 6.07 Å².